The number of hydrogen-bond donors (Lipinski definition) is 2. The molecule has 0 heterocycles. The molecular weight excluding hydrogens is 304 g/mol. The van der Waals surface area contributed by atoms with Crippen molar-refractivity contribution in [1.82, 2.24) is 4.31 Å². The summed E-state index contributed by atoms with van der Waals surface area (Å²) in [6.07, 6.45) is 1.01. The highest BCUT2D eigenvalue weighted by Crippen LogP contribution is 2.26. The van der Waals surface area contributed by atoms with E-state index in [0.717, 1.165) is 16.6 Å². The average molecular weight is 322 g/mol. The number of likely N-dealkylation sites (N-methyl/N-ethyl adjacent to an activating group) is 1. The number of aliphatic hydroxyl groups is 1. The molecule has 1 rings (SSSR count). The van der Waals surface area contributed by atoms with Gasteiger partial charge in [-0.15, -0.1) is 0 Å². The molecule has 0 amide bonds. The van der Waals surface area contributed by atoms with Gasteiger partial charge in [-0.2, -0.15) is 4.31 Å². The summed E-state index contributed by atoms with van der Waals surface area (Å²) in [5, 5.41) is 11.6. The lowest BCUT2D eigenvalue weighted by molar-refractivity contribution is 0.266. The number of sulfone groups is 1. The highest BCUT2D eigenvalue weighted by atomic mass is 32.2. The summed E-state index contributed by atoms with van der Waals surface area (Å²) in [6.45, 7) is -0.398. The van der Waals surface area contributed by atoms with E-state index in [1.165, 1.54) is 19.2 Å². The first kappa shape index (κ1) is 16.9. The number of aliphatic hydroxyl groups excluding tert-OH is 1. The van der Waals surface area contributed by atoms with Crippen LogP contribution in [0.25, 0.3) is 0 Å². The number of nitrogens with zero attached hydrogens (tertiary/aromatic N) is 1. The minimum atomic E-state index is -3.88. The Labute approximate surface area is 119 Å². The van der Waals surface area contributed by atoms with Crippen LogP contribution in [0.5, 0.6) is 0 Å². The second-order valence-electron chi connectivity index (χ2n) is 4.23. The van der Waals surface area contributed by atoms with Gasteiger partial charge in [0.25, 0.3) is 0 Å². The zero-order valence-electron chi connectivity index (χ0n) is 11.5. The Hall–Kier alpha value is -1.16. The molecule has 0 saturated heterocycles. The highest BCUT2D eigenvalue weighted by Gasteiger charge is 2.25. The van der Waals surface area contributed by atoms with Crippen molar-refractivity contribution in [1.29, 1.82) is 0 Å². The maximum absolute atomic E-state index is 12.4. The summed E-state index contributed by atoms with van der Waals surface area (Å²) in [5.74, 6) is 0. The summed E-state index contributed by atoms with van der Waals surface area (Å²) in [6, 6.07) is 3.85. The third-order valence-electron chi connectivity index (χ3n) is 2.75. The zero-order chi connectivity index (χ0) is 15.6. The van der Waals surface area contributed by atoms with Crippen molar-refractivity contribution in [3.05, 3.63) is 18.2 Å². The Kier molecular flexibility index (Phi) is 5.14. The fourth-order valence-electron chi connectivity index (χ4n) is 1.58. The van der Waals surface area contributed by atoms with E-state index in [1.807, 2.05) is 0 Å². The van der Waals surface area contributed by atoms with E-state index in [2.05, 4.69) is 5.32 Å². The van der Waals surface area contributed by atoms with Crippen LogP contribution in [0, 0.1) is 0 Å². The predicted molar refractivity (Wildman–Crippen MR) is 76.0 cm³/mol. The van der Waals surface area contributed by atoms with E-state index in [1.54, 1.807) is 7.05 Å². The Morgan fingerprint density at radius 1 is 1.25 bits per heavy atom. The van der Waals surface area contributed by atoms with Crippen LogP contribution in [-0.2, 0) is 19.9 Å². The van der Waals surface area contributed by atoms with E-state index in [9.17, 15) is 16.8 Å². The van der Waals surface area contributed by atoms with Gasteiger partial charge in [0.1, 0.15) is 4.90 Å². The zero-order valence-corrected chi connectivity index (χ0v) is 13.1. The van der Waals surface area contributed by atoms with Crippen LogP contribution in [0.2, 0.25) is 0 Å². The molecule has 0 aliphatic rings. The van der Waals surface area contributed by atoms with Gasteiger partial charge < -0.3 is 10.4 Å². The molecule has 0 aliphatic heterocycles. The number of hydrogen-bond acceptors (Lipinski definition) is 6. The first-order valence-corrected chi connectivity index (χ1v) is 9.06. The molecule has 1 aromatic carbocycles. The van der Waals surface area contributed by atoms with Gasteiger partial charge in [0, 0.05) is 26.9 Å². The van der Waals surface area contributed by atoms with Gasteiger partial charge in [-0.1, -0.05) is 0 Å². The number of sulfonamides is 1. The van der Waals surface area contributed by atoms with Crippen molar-refractivity contribution >= 4 is 25.5 Å². The van der Waals surface area contributed by atoms with Crippen molar-refractivity contribution in [2.45, 2.75) is 9.79 Å². The standard InChI is InChI=1S/C11H18N2O5S2/c1-12-10-5-4-9(19(3,15)16)8-11(10)20(17,18)13(2)6-7-14/h4-5,8,12,14H,6-7H2,1-3H3. The molecule has 7 nitrogen and oxygen atoms in total. The van der Waals surface area contributed by atoms with Gasteiger partial charge in [-0.3, -0.25) is 0 Å². The van der Waals surface area contributed by atoms with Crippen LogP contribution in [0.15, 0.2) is 28.0 Å². The Balaban J connectivity index is 3.49. The summed E-state index contributed by atoms with van der Waals surface area (Å²) in [5.41, 5.74) is 0.294. The number of rotatable bonds is 6. The molecule has 0 aliphatic carbocycles. The van der Waals surface area contributed by atoms with Crippen LogP contribution in [0.3, 0.4) is 0 Å². The SMILES string of the molecule is CNc1ccc(S(C)(=O)=O)cc1S(=O)(=O)N(C)CCO. The van der Waals surface area contributed by atoms with Gasteiger partial charge in [-0.05, 0) is 18.2 Å². The average Bonchev–Trinajstić information content (AvgIpc) is 2.37. The van der Waals surface area contributed by atoms with Crippen molar-refractivity contribution < 1.29 is 21.9 Å². The van der Waals surface area contributed by atoms with Gasteiger partial charge in [-0.25, -0.2) is 16.8 Å². The molecule has 0 bridgehead atoms. The molecule has 114 valence electrons. The number of nitrogens with one attached hydrogen (secondary N) is 1. The Morgan fingerprint density at radius 3 is 2.30 bits per heavy atom. The van der Waals surface area contributed by atoms with Crippen molar-refractivity contribution in [2.24, 2.45) is 0 Å². The molecule has 0 radical (unpaired) electrons. The molecule has 20 heavy (non-hydrogen) atoms. The first-order valence-electron chi connectivity index (χ1n) is 5.73. The van der Waals surface area contributed by atoms with Crippen molar-refractivity contribution in [3.63, 3.8) is 0 Å². The van der Waals surface area contributed by atoms with Gasteiger partial charge in [0.05, 0.1) is 17.2 Å². The fourth-order valence-corrected chi connectivity index (χ4v) is 3.69. The van der Waals surface area contributed by atoms with E-state index in [4.69, 9.17) is 5.11 Å². The van der Waals surface area contributed by atoms with Crippen molar-refractivity contribution in [2.75, 3.05) is 38.8 Å². The highest BCUT2D eigenvalue weighted by molar-refractivity contribution is 7.91. The molecule has 0 fully saturated rings. The molecule has 0 aromatic heterocycles. The quantitative estimate of drug-likeness (QED) is 0.748. The molecule has 2 N–H and O–H groups in total. The lowest BCUT2D eigenvalue weighted by atomic mass is 10.3. The summed E-state index contributed by atoms with van der Waals surface area (Å²) < 4.78 is 48.8. The fraction of sp³-hybridized carbons (Fsp3) is 0.455. The lowest BCUT2D eigenvalue weighted by Gasteiger charge is -2.18. The topological polar surface area (TPSA) is 104 Å². The minimum Gasteiger partial charge on any atom is -0.395 e. The van der Waals surface area contributed by atoms with Crippen LogP contribution >= 0.6 is 0 Å². The summed E-state index contributed by atoms with van der Waals surface area (Å²) in [4.78, 5) is -0.216. The van der Waals surface area contributed by atoms with Crippen LogP contribution in [0.4, 0.5) is 5.69 Å². The molecule has 9 heteroatoms. The normalized spacial score (nSPS) is 12.7. The van der Waals surface area contributed by atoms with Gasteiger partial charge in [0.15, 0.2) is 9.84 Å². The number of anilines is 1. The van der Waals surface area contributed by atoms with Crippen LogP contribution in [-0.4, -0.2) is 59.8 Å². The number of benzene rings is 1. The first-order chi connectivity index (χ1) is 9.14. The van der Waals surface area contributed by atoms with Crippen molar-refractivity contribution in [3.8, 4) is 0 Å². The van der Waals surface area contributed by atoms with Crippen LogP contribution in [0.1, 0.15) is 0 Å². The largest absolute Gasteiger partial charge is 0.395 e. The predicted octanol–water partition coefficient (Wildman–Crippen LogP) is -0.255. The van der Waals surface area contributed by atoms with E-state index < -0.39 is 19.9 Å². The maximum Gasteiger partial charge on any atom is 0.244 e. The smallest absolute Gasteiger partial charge is 0.244 e. The summed E-state index contributed by atoms with van der Waals surface area (Å²) in [7, 11) is -4.53. The lowest BCUT2D eigenvalue weighted by Crippen LogP contribution is -2.30. The second kappa shape index (κ2) is 6.08. The molecule has 0 atom stereocenters. The van der Waals surface area contributed by atoms with Gasteiger partial charge >= 0.3 is 0 Å². The molecule has 0 spiro atoms. The Morgan fingerprint density at radius 2 is 1.85 bits per heavy atom. The molecule has 0 unspecified atom stereocenters. The van der Waals surface area contributed by atoms with Crippen LogP contribution < -0.4 is 5.32 Å². The third-order valence-corrected chi connectivity index (χ3v) is 5.76. The molecular formula is C11H18N2O5S2. The Bertz CT molecular complexity index is 683. The van der Waals surface area contributed by atoms with Gasteiger partial charge in [0.2, 0.25) is 10.0 Å². The third kappa shape index (κ3) is 3.48. The minimum absolute atomic E-state index is 0.0748. The summed E-state index contributed by atoms with van der Waals surface area (Å²) >= 11 is 0. The maximum atomic E-state index is 12.4. The molecule has 1 aromatic rings. The monoisotopic (exact) mass is 322 g/mol. The second-order valence-corrected chi connectivity index (χ2v) is 8.26. The van der Waals surface area contributed by atoms with E-state index >= 15 is 0 Å². The molecule has 0 saturated carbocycles. The van der Waals surface area contributed by atoms with E-state index in [-0.39, 0.29) is 22.9 Å². The van der Waals surface area contributed by atoms with E-state index in [0.29, 0.717) is 5.69 Å².